The van der Waals surface area contributed by atoms with Crippen LogP contribution in [-0.4, -0.2) is 27.2 Å². The zero-order valence-electron chi connectivity index (χ0n) is 10.9. The minimum absolute atomic E-state index is 0.0914. The third-order valence-electron chi connectivity index (χ3n) is 2.81. The second-order valence-electron chi connectivity index (χ2n) is 4.40. The standard InChI is InChI=1S/C12H15F3N2O2/c1-6(11(18)19)10-7(2)16-9(17-8(10)3)4-5-12(13,14)15/h6H,4-5H2,1-3H3,(H,18,19). The van der Waals surface area contributed by atoms with Crippen LogP contribution in [0.2, 0.25) is 0 Å². The molecule has 0 saturated carbocycles. The SMILES string of the molecule is Cc1nc(CCC(F)(F)F)nc(C)c1C(C)C(=O)O. The third kappa shape index (κ3) is 4.18. The monoisotopic (exact) mass is 276 g/mol. The predicted octanol–water partition coefficient (Wildman–Crippen LogP) is 2.78. The summed E-state index contributed by atoms with van der Waals surface area (Å²) >= 11 is 0. The second-order valence-corrected chi connectivity index (χ2v) is 4.40. The first-order valence-corrected chi connectivity index (χ1v) is 5.75. The zero-order chi connectivity index (χ0) is 14.8. The van der Waals surface area contributed by atoms with E-state index >= 15 is 0 Å². The first-order valence-electron chi connectivity index (χ1n) is 5.75. The maximum atomic E-state index is 12.1. The molecule has 1 aromatic rings. The van der Waals surface area contributed by atoms with Crippen LogP contribution in [0.3, 0.4) is 0 Å². The predicted molar refractivity (Wildman–Crippen MR) is 61.9 cm³/mol. The molecule has 0 aliphatic heterocycles. The lowest BCUT2D eigenvalue weighted by atomic mass is 9.98. The Morgan fingerprint density at radius 3 is 2.11 bits per heavy atom. The van der Waals surface area contributed by atoms with E-state index < -0.39 is 24.5 Å². The van der Waals surface area contributed by atoms with Crippen molar-refractivity contribution < 1.29 is 23.1 Å². The van der Waals surface area contributed by atoms with Gasteiger partial charge in [-0.15, -0.1) is 0 Å². The van der Waals surface area contributed by atoms with Gasteiger partial charge in [-0.2, -0.15) is 13.2 Å². The minimum atomic E-state index is -4.25. The molecule has 1 atom stereocenters. The number of aliphatic carboxylic acids is 1. The number of carboxylic acid groups (broad SMARTS) is 1. The molecule has 0 spiro atoms. The molecule has 0 fully saturated rings. The number of carbonyl (C=O) groups is 1. The van der Waals surface area contributed by atoms with Gasteiger partial charge in [0.2, 0.25) is 0 Å². The van der Waals surface area contributed by atoms with Gasteiger partial charge in [-0.05, 0) is 20.8 Å². The van der Waals surface area contributed by atoms with E-state index in [9.17, 15) is 18.0 Å². The molecule has 0 aliphatic rings. The summed E-state index contributed by atoms with van der Waals surface area (Å²) in [4.78, 5) is 18.9. The molecule has 0 aromatic carbocycles. The van der Waals surface area contributed by atoms with E-state index in [1.807, 2.05) is 0 Å². The number of carboxylic acids is 1. The molecule has 7 heteroatoms. The second kappa shape index (κ2) is 5.54. The molecule has 1 unspecified atom stereocenters. The number of halogens is 3. The highest BCUT2D eigenvalue weighted by atomic mass is 19.4. The summed E-state index contributed by atoms with van der Waals surface area (Å²) < 4.78 is 36.4. The normalized spacial score (nSPS) is 13.4. The van der Waals surface area contributed by atoms with E-state index in [2.05, 4.69) is 9.97 Å². The Kier molecular flexibility index (Phi) is 4.49. The van der Waals surface area contributed by atoms with Crippen LogP contribution in [0.1, 0.15) is 42.0 Å². The number of aryl methyl sites for hydroxylation is 3. The van der Waals surface area contributed by atoms with Crippen LogP contribution in [0.15, 0.2) is 0 Å². The molecule has 106 valence electrons. The van der Waals surface area contributed by atoms with Crippen LogP contribution in [0.5, 0.6) is 0 Å². The third-order valence-corrected chi connectivity index (χ3v) is 2.81. The molecule has 19 heavy (non-hydrogen) atoms. The summed E-state index contributed by atoms with van der Waals surface area (Å²) in [7, 11) is 0. The molecule has 1 rings (SSSR count). The summed E-state index contributed by atoms with van der Waals surface area (Å²) in [6, 6.07) is 0. The van der Waals surface area contributed by atoms with E-state index in [1.165, 1.54) is 6.92 Å². The summed E-state index contributed by atoms with van der Waals surface area (Å²) in [6.45, 7) is 4.66. The van der Waals surface area contributed by atoms with Crippen LogP contribution in [0.4, 0.5) is 13.2 Å². The highest BCUT2D eigenvalue weighted by Crippen LogP contribution is 2.24. The van der Waals surface area contributed by atoms with E-state index in [0.717, 1.165) is 0 Å². The van der Waals surface area contributed by atoms with Crippen LogP contribution in [-0.2, 0) is 11.2 Å². The first-order chi connectivity index (χ1) is 8.61. The molecule has 0 radical (unpaired) electrons. The highest BCUT2D eigenvalue weighted by Gasteiger charge is 2.28. The summed E-state index contributed by atoms with van der Waals surface area (Å²) in [5.41, 5.74) is 1.29. The molecule has 0 bridgehead atoms. The highest BCUT2D eigenvalue weighted by molar-refractivity contribution is 5.76. The number of rotatable bonds is 4. The molecule has 1 N–H and O–H groups in total. The van der Waals surface area contributed by atoms with Gasteiger partial charge in [-0.1, -0.05) is 0 Å². The Morgan fingerprint density at radius 1 is 1.26 bits per heavy atom. The lowest BCUT2D eigenvalue weighted by Gasteiger charge is -2.14. The summed E-state index contributed by atoms with van der Waals surface area (Å²) in [6.07, 6.45) is -5.54. The molecular weight excluding hydrogens is 261 g/mol. The van der Waals surface area contributed by atoms with Crippen molar-refractivity contribution in [2.24, 2.45) is 0 Å². The zero-order valence-corrected chi connectivity index (χ0v) is 10.9. The fourth-order valence-corrected chi connectivity index (χ4v) is 1.91. The van der Waals surface area contributed by atoms with Crippen LogP contribution >= 0.6 is 0 Å². The van der Waals surface area contributed by atoms with Crippen LogP contribution < -0.4 is 0 Å². The number of hydrogen-bond donors (Lipinski definition) is 1. The Labute approximate surface area is 108 Å². The van der Waals surface area contributed by atoms with Crippen LogP contribution in [0.25, 0.3) is 0 Å². The molecule has 1 aromatic heterocycles. The van der Waals surface area contributed by atoms with Gasteiger partial charge in [-0.3, -0.25) is 4.79 Å². The van der Waals surface area contributed by atoms with Crippen molar-refractivity contribution in [2.45, 2.75) is 45.7 Å². The minimum Gasteiger partial charge on any atom is -0.481 e. The molecule has 0 aliphatic carbocycles. The lowest BCUT2D eigenvalue weighted by Crippen LogP contribution is -2.16. The van der Waals surface area contributed by atoms with Gasteiger partial charge in [0.15, 0.2) is 0 Å². The molecular formula is C12H15F3N2O2. The number of aromatic nitrogens is 2. The van der Waals surface area contributed by atoms with E-state index in [0.29, 0.717) is 17.0 Å². The van der Waals surface area contributed by atoms with Crippen molar-refractivity contribution in [2.75, 3.05) is 0 Å². The van der Waals surface area contributed by atoms with Gasteiger partial charge in [0, 0.05) is 23.4 Å². The van der Waals surface area contributed by atoms with E-state index in [-0.39, 0.29) is 12.2 Å². The van der Waals surface area contributed by atoms with Crippen molar-refractivity contribution >= 4 is 5.97 Å². The summed E-state index contributed by atoms with van der Waals surface area (Å²) in [5, 5.41) is 8.96. The fraction of sp³-hybridized carbons (Fsp3) is 0.583. The molecule has 1 heterocycles. The Hall–Kier alpha value is -1.66. The Bertz CT molecular complexity index is 463. The van der Waals surface area contributed by atoms with Gasteiger partial charge in [0.25, 0.3) is 0 Å². The lowest BCUT2D eigenvalue weighted by molar-refractivity contribution is -0.138. The Balaban J connectivity index is 3.00. The molecule has 4 nitrogen and oxygen atoms in total. The number of nitrogens with zero attached hydrogens (tertiary/aromatic N) is 2. The van der Waals surface area contributed by atoms with Crippen molar-refractivity contribution in [1.82, 2.24) is 9.97 Å². The van der Waals surface area contributed by atoms with Gasteiger partial charge in [0.05, 0.1) is 12.3 Å². The number of hydrogen-bond acceptors (Lipinski definition) is 3. The number of alkyl halides is 3. The first kappa shape index (κ1) is 15.4. The topological polar surface area (TPSA) is 63.1 Å². The van der Waals surface area contributed by atoms with Gasteiger partial charge < -0.3 is 5.11 Å². The quantitative estimate of drug-likeness (QED) is 0.918. The van der Waals surface area contributed by atoms with Crippen molar-refractivity contribution in [1.29, 1.82) is 0 Å². The molecule has 0 amide bonds. The Morgan fingerprint density at radius 2 is 1.74 bits per heavy atom. The fourth-order valence-electron chi connectivity index (χ4n) is 1.91. The van der Waals surface area contributed by atoms with Crippen molar-refractivity contribution in [3.8, 4) is 0 Å². The molecule has 0 saturated heterocycles. The smallest absolute Gasteiger partial charge is 0.389 e. The van der Waals surface area contributed by atoms with E-state index in [1.54, 1.807) is 13.8 Å². The average molecular weight is 276 g/mol. The summed E-state index contributed by atoms with van der Waals surface area (Å²) in [5.74, 6) is -1.71. The largest absolute Gasteiger partial charge is 0.481 e. The maximum Gasteiger partial charge on any atom is 0.389 e. The van der Waals surface area contributed by atoms with Gasteiger partial charge in [-0.25, -0.2) is 9.97 Å². The van der Waals surface area contributed by atoms with Crippen molar-refractivity contribution in [3.63, 3.8) is 0 Å². The maximum absolute atomic E-state index is 12.1. The van der Waals surface area contributed by atoms with Crippen LogP contribution in [0, 0.1) is 13.8 Å². The van der Waals surface area contributed by atoms with Gasteiger partial charge >= 0.3 is 12.1 Å². The van der Waals surface area contributed by atoms with E-state index in [4.69, 9.17) is 5.11 Å². The average Bonchev–Trinajstić information content (AvgIpc) is 2.24. The van der Waals surface area contributed by atoms with Crippen molar-refractivity contribution in [3.05, 3.63) is 22.8 Å². The van der Waals surface area contributed by atoms with Gasteiger partial charge in [0.1, 0.15) is 5.82 Å².